The maximum Gasteiger partial charge on any atom is 0.239 e. The van der Waals surface area contributed by atoms with Gasteiger partial charge in [-0.15, -0.1) is 0 Å². The Morgan fingerprint density at radius 3 is 2.40 bits per heavy atom. The number of carbonyl (C=O) groups is 1. The van der Waals surface area contributed by atoms with Crippen molar-refractivity contribution in [3.63, 3.8) is 0 Å². The first kappa shape index (κ1) is 12.5. The van der Waals surface area contributed by atoms with Gasteiger partial charge in [-0.2, -0.15) is 0 Å². The number of hydrogen-bond acceptors (Lipinski definition) is 3. The number of rotatable bonds is 4. The molecule has 1 amide bonds. The fourth-order valence-electron chi connectivity index (χ4n) is 1.76. The van der Waals surface area contributed by atoms with Gasteiger partial charge in [-0.3, -0.25) is 4.79 Å². The highest BCUT2D eigenvalue weighted by atomic mass is 16.5. The van der Waals surface area contributed by atoms with Gasteiger partial charge in [-0.1, -0.05) is 6.92 Å². The molecule has 0 aliphatic heterocycles. The van der Waals surface area contributed by atoms with Crippen LogP contribution in [0.25, 0.3) is 0 Å². The first-order valence-corrected chi connectivity index (χ1v) is 5.62. The molecule has 4 N–H and O–H groups in total. The third-order valence-electron chi connectivity index (χ3n) is 3.14. The summed E-state index contributed by atoms with van der Waals surface area (Å²) in [6.07, 6.45) is 4.78. The van der Waals surface area contributed by atoms with Gasteiger partial charge in [0, 0.05) is 0 Å². The molecule has 1 unspecified atom stereocenters. The van der Waals surface area contributed by atoms with Crippen LogP contribution in [0.4, 0.5) is 0 Å². The largest absolute Gasteiger partial charge is 0.376 e. The number of hydrogen-bond donors (Lipinski definition) is 2. The van der Waals surface area contributed by atoms with Crippen LogP contribution >= 0.6 is 0 Å². The van der Waals surface area contributed by atoms with E-state index < -0.39 is 11.4 Å². The normalized spacial score (nSPS) is 30.9. The molecule has 1 rings (SSSR count). The monoisotopic (exact) mass is 214 g/mol. The van der Waals surface area contributed by atoms with Crippen LogP contribution in [0.2, 0.25) is 0 Å². The lowest BCUT2D eigenvalue weighted by molar-refractivity contribution is -0.126. The molecule has 1 fully saturated rings. The zero-order valence-electron chi connectivity index (χ0n) is 9.66. The molecule has 0 heterocycles. The maximum absolute atomic E-state index is 11.0. The molecule has 1 saturated carbocycles. The first-order chi connectivity index (χ1) is 6.92. The number of ether oxygens (including phenoxy) is 1. The van der Waals surface area contributed by atoms with Crippen LogP contribution in [-0.4, -0.2) is 24.2 Å². The van der Waals surface area contributed by atoms with E-state index in [2.05, 4.69) is 6.92 Å². The van der Waals surface area contributed by atoms with Gasteiger partial charge in [0.2, 0.25) is 5.91 Å². The van der Waals surface area contributed by atoms with Gasteiger partial charge in [-0.25, -0.2) is 0 Å². The average molecular weight is 214 g/mol. The van der Waals surface area contributed by atoms with E-state index in [-0.39, 0.29) is 12.7 Å². The Bertz CT molecular complexity index is 221. The Morgan fingerprint density at radius 2 is 1.93 bits per heavy atom. The molecule has 15 heavy (non-hydrogen) atoms. The van der Waals surface area contributed by atoms with E-state index in [4.69, 9.17) is 16.2 Å². The van der Waals surface area contributed by atoms with E-state index in [1.807, 2.05) is 0 Å². The molecule has 1 atom stereocenters. The second-order valence-electron chi connectivity index (χ2n) is 4.97. The summed E-state index contributed by atoms with van der Waals surface area (Å²) in [4.78, 5) is 11.0. The van der Waals surface area contributed by atoms with E-state index in [1.165, 1.54) is 12.8 Å². The molecule has 0 saturated heterocycles. The number of amides is 1. The average Bonchev–Trinajstić information content (AvgIpc) is 2.17. The SMILES string of the molecule is CC1CCC(OCC(C)(N)C(N)=O)CC1. The van der Waals surface area contributed by atoms with Crippen molar-refractivity contribution in [1.29, 1.82) is 0 Å². The van der Waals surface area contributed by atoms with Crippen LogP contribution in [0.5, 0.6) is 0 Å². The van der Waals surface area contributed by atoms with Gasteiger partial charge in [0.15, 0.2) is 0 Å². The Morgan fingerprint density at radius 1 is 1.40 bits per heavy atom. The molecular formula is C11H22N2O2. The molecule has 1 aliphatic carbocycles. The molecule has 0 bridgehead atoms. The lowest BCUT2D eigenvalue weighted by Crippen LogP contribution is -2.53. The van der Waals surface area contributed by atoms with E-state index in [0.717, 1.165) is 18.8 Å². The van der Waals surface area contributed by atoms with E-state index in [0.29, 0.717) is 0 Å². The lowest BCUT2D eigenvalue weighted by Gasteiger charge is -2.29. The van der Waals surface area contributed by atoms with Gasteiger partial charge < -0.3 is 16.2 Å². The van der Waals surface area contributed by atoms with Crippen molar-refractivity contribution in [1.82, 2.24) is 0 Å². The van der Waals surface area contributed by atoms with Crippen molar-refractivity contribution in [2.75, 3.05) is 6.61 Å². The highest BCUT2D eigenvalue weighted by Gasteiger charge is 2.28. The molecular weight excluding hydrogens is 192 g/mol. The lowest BCUT2D eigenvalue weighted by atomic mass is 9.89. The van der Waals surface area contributed by atoms with Crippen molar-refractivity contribution in [3.8, 4) is 0 Å². The van der Waals surface area contributed by atoms with Crippen molar-refractivity contribution in [2.24, 2.45) is 17.4 Å². The van der Waals surface area contributed by atoms with Crippen LogP contribution in [0.3, 0.4) is 0 Å². The Hall–Kier alpha value is -0.610. The zero-order chi connectivity index (χ0) is 11.5. The minimum atomic E-state index is -1.04. The zero-order valence-corrected chi connectivity index (χ0v) is 9.66. The Labute approximate surface area is 91.3 Å². The molecule has 0 aromatic carbocycles. The molecule has 0 radical (unpaired) electrons. The highest BCUT2D eigenvalue weighted by molar-refractivity contribution is 5.83. The van der Waals surface area contributed by atoms with Gasteiger partial charge >= 0.3 is 0 Å². The summed E-state index contributed by atoms with van der Waals surface area (Å²) < 4.78 is 5.63. The fourth-order valence-corrected chi connectivity index (χ4v) is 1.76. The second kappa shape index (κ2) is 4.94. The summed E-state index contributed by atoms with van der Waals surface area (Å²) in [5.74, 6) is 0.289. The summed E-state index contributed by atoms with van der Waals surface area (Å²) in [6, 6.07) is 0. The molecule has 4 heteroatoms. The summed E-state index contributed by atoms with van der Waals surface area (Å²) >= 11 is 0. The maximum atomic E-state index is 11.0. The third kappa shape index (κ3) is 3.80. The van der Waals surface area contributed by atoms with Crippen molar-refractivity contribution in [2.45, 2.75) is 51.2 Å². The Balaban J connectivity index is 2.28. The summed E-state index contributed by atoms with van der Waals surface area (Å²) in [5, 5.41) is 0. The number of nitrogens with two attached hydrogens (primary N) is 2. The summed E-state index contributed by atoms with van der Waals surface area (Å²) in [5.41, 5.74) is 9.83. The topological polar surface area (TPSA) is 78.3 Å². The molecule has 0 spiro atoms. The quantitative estimate of drug-likeness (QED) is 0.726. The molecule has 1 aliphatic rings. The minimum Gasteiger partial charge on any atom is -0.376 e. The summed E-state index contributed by atoms with van der Waals surface area (Å²) in [7, 11) is 0. The second-order valence-corrected chi connectivity index (χ2v) is 4.97. The van der Waals surface area contributed by atoms with Gasteiger partial charge in [-0.05, 0) is 38.5 Å². The third-order valence-corrected chi connectivity index (χ3v) is 3.14. The molecule has 4 nitrogen and oxygen atoms in total. The standard InChI is InChI=1S/C11H22N2O2/c1-8-3-5-9(6-4-8)15-7-11(2,13)10(12)14/h8-9H,3-7,13H2,1-2H3,(H2,12,14). The van der Waals surface area contributed by atoms with Gasteiger partial charge in [0.05, 0.1) is 12.7 Å². The van der Waals surface area contributed by atoms with Gasteiger partial charge in [0.25, 0.3) is 0 Å². The number of primary amides is 1. The highest BCUT2D eigenvalue weighted by Crippen LogP contribution is 2.25. The molecule has 0 aromatic heterocycles. The van der Waals surface area contributed by atoms with E-state index >= 15 is 0 Å². The number of carbonyl (C=O) groups excluding carboxylic acids is 1. The molecule has 0 aromatic rings. The summed E-state index contributed by atoms with van der Waals surface area (Å²) in [6.45, 7) is 4.09. The van der Waals surface area contributed by atoms with Crippen LogP contribution in [0.15, 0.2) is 0 Å². The van der Waals surface area contributed by atoms with E-state index in [1.54, 1.807) is 6.92 Å². The smallest absolute Gasteiger partial charge is 0.239 e. The van der Waals surface area contributed by atoms with Crippen molar-refractivity contribution in [3.05, 3.63) is 0 Å². The van der Waals surface area contributed by atoms with Crippen molar-refractivity contribution >= 4 is 5.91 Å². The van der Waals surface area contributed by atoms with Crippen LogP contribution in [0, 0.1) is 5.92 Å². The van der Waals surface area contributed by atoms with Crippen LogP contribution in [0.1, 0.15) is 39.5 Å². The predicted octanol–water partition coefficient (Wildman–Crippen LogP) is 0.784. The van der Waals surface area contributed by atoms with Crippen LogP contribution < -0.4 is 11.5 Å². The van der Waals surface area contributed by atoms with Crippen molar-refractivity contribution < 1.29 is 9.53 Å². The van der Waals surface area contributed by atoms with Crippen LogP contribution in [-0.2, 0) is 9.53 Å². The minimum absolute atomic E-state index is 0.224. The Kier molecular flexibility index (Phi) is 4.11. The van der Waals surface area contributed by atoms with E-state index in [9.17, 15) is 4.79 Å². The fraction of sp³-hybridized carbons (Fsp3) is 0.909. The van der Waals surface area contributed by atoms with Gasteiger partial charge in [0.1, 0.15) is 5.54 Å². The molecule has 88 valence electrons. The first-order valence-electron chi connectivity index (χ1n) is 5.62. The predicted molar refractivity (Wildman–Crippen MR) is 59.2 cm³/mol.